The van der Waals surface area contributed by atoms with E-state index in [-0.39, 0.29) is 5.70 Å². The van der Waals surface area contributed by atoms with Crippen LogP contribution in [0.25, 0.3) is 0 Å². The average Bonchev–Trinajstić information content (AvgIpc) is 3.09. The molecule has 0 saturated carbocycles. The lowest BCUT2D eigenvalue weighted by atomic mass is 10.2. The van der Waals surface area contributed by atoms with Crippen molar-refractivity contribution in [2.45, 2.75) is 25.2 Å². The Kier molecular flexibility index (Phi) is 7.73. The summed E-state index contributed by atoms with van der Waals surface area (Å²) in [7, 11) is 0. The zero-order valence-corrected chi connectivity index (χ0v) is 21.6. The Morgan fingerprint density at radius 2 is 1.60 bits per heavy atom. The Morgan fingerprint density at radius 3 is 2.23 bits per heavy atom. The first kappa shape index (κ1) is 24.8. The van der Waals surface area contributed by atoms with Crippen molar-refractivity contribution < 1.29 is 19.1 Å². The van der Waals surface area contributed by atoms with Crippen molar-refractivity contribution in [3.8, 4) is 0 Å². The van der Waals surface area contributed by atoms with E-state index >= 15 is 0 Å². The summed E-state index contributed by atoms with van der Waals surface area (Å²) in [5.41, 5.74) is 2.72. The maximum atomic E-state index is 13.5. The van der Waals surface area contributed by atoms with Crippen molar-refractivity contribution in [3.05, 3.63) is 99.0 Å². The predicted octanol–water partition coefficient (Wildman–Crippen LogP) is 6.31. The molecule has 0 fully saturated rings. The quantitative estimate of drug-likeness (QED) is 0.261. The highest BCUT2D eigenvalue weighted by Gasteiger charge is 2.40. The van der Waals surface area contributed by atoms with E-state index in [2.05, 4.69) is 21.2 Å². The van der Waals surface area contributed by atoms with Gasteiger partial charge in [-0.1, -0.05) is 52.3 Å². The second-order valence-corrected chi connectivity index (χ2v) is 9.88. The fourth-order valence-electron chi connectivity index (χ4n) is 3.38. The summed E-state index contributed by atoms with van der Waals surface area (Å²) in [5.74, 6) is -1.33. The Hall–Kier alpha value is -3.36. The minimum atomic E-state index is -0.464. The molecule has 1 aliphatic rings. The van der Waals surface area contributed by atoms with Crippen LogP contribution in [0.5, 0.6) is 0 Å². The number of ether oxygens (including phenoxy) is 1. The maximum Gasteiger partial charge on any atom is 0.338 e. The SMILES string of the molecule is CCCOC(=O)c1ccc(N2C(=O)C(Nc3ccc(Br)cc3)=C(Sc3ccc(C)cc3)C2=O)cc1. The Morgan fingerprint density at radius 1 is 0.943 bits per heavy atom. The molecule has 178 valence electrons. The summed E-state index contributed by atoms with van der Waals surface area (Å²) in [6.07, 6.45) is 0.724. The number of hydrogen-bond acceptors (Lipinski definition) is 6. The molecule has 0 atom stereocenters. The van der Waals surface area contributed by atoms with E-state index in [9.17, 15) is 14.4 Å². The standard InChI is InChI=1S/C27H23BrN2O4S/c1-3-16-34-27(33)18-6-12-21(13-7-18)30-25(31)23(29-20-10-8-19(28)9-11-20)24(26(30)32)35-22-14-4-17(2)5-15-22/h4-15,29H,3,16H2,1-2H3. The summed E-state index contributed by atoms with van der Waals surface area (Å²) < 4.78 is 6.06. The van der Waals surface area contributed by atoms with Crippen LogP contribution in [0.15, 0.2) is 92.8 Å². The van der Waals surface area contributed by atoms with Crippen LogP contribution in [0.3, 0.4) is 0 Å². The highest BCUT2D eigenvalue weighted by molar-refractivity contribution is 9.10. The molecule has 0 unspecified atom stereocenters. The minimum absolute atomic E-state index is 0.203. The molecular weight excluding hydrogens is 528 g/mol. The molecule has 0 aromatic heterocycles. The largest absolute Gasteiger partial charge is 0.462 e. The lowest BCUT2D eigenvalue weighted by molar-refractivity contribution is -0.120. The molecule has 0 radical (unpaired) electrons. The summed E-state index contributed by atoms with van der Waals surface area (Å²) in [6, 6.07) is 21.4. The summed E-state index contributed by atoms with van der Waals surface area (Å²) in [6.45, 7) is 4.24. The van der Waals surface area contributed by atoms with Crippen LogP contribution in [-0.2, 0) is 14.3 Å². The molecule has 3 aromatic rings. The monoisotopic (exact) mass is 550 g/mol. The predicted molar refractivity (Wildman–Crippen MR) is 141 cm³/mol. The molecule has 0 saturated heterocycles. The molecule has 2 amide bonds. The number of halogens is 1. The number of thioether (sulfide) groups is 1. The number of rotatable bonds is 8. The van der Waals surface area contributed by atoms with Crippen molar-refractivity contribution in [1.82, 2.24) is 0 Å². The van der Waals surface area contributed by atoms with Crippen molar-refractivity contribution in [2.75, 3.05) is 16.8 Å². The molecule has 1 heterocycles. The van der Waals surface area contributed by atoms with Gasteiger partial charge in [0.25, 0.3) is 11.8 Å². The normalized spacial score (nSPS) is 13.4. The number of benzene rings is 3. The molecule has 0 bridgehead atoms. The van der Waals surface area contributed by atoms with Crippen LogP contribution in [0.1, 0.15) is 29.3 Å². The number of hydrogen-bond donors (Lipinski definition) is 1. The van der Waals surface area contributed by atoms with E-state index in [4.69, 9.17) is 4.74 Å². The molecule has 1 aliphatic heterocycles. The van der Waals surface area contributed by atoms with E-state index in [1.807, 2.05) is 62.4 Å². The van der Waals surface area contributed by atoms with Gasteiger partial charge in [0.2, 0.25) is 0 Å². The van der Waals surface area contributed by atoms with Gasteiger partial charge in [-0.25, -0.2) is 9.69 Å². The van der Waals surface area contributed by atoms with Crippen LogP contribution in [-0.4, -0.2) is 24.4 Å². The van der Waals surface area contributed by atoms with Gasteiger partial charge in [0.1, 0.15) is 10.6 Å². The van der Waals surface area contributed by atoms with Crippen LogP contribution in [0.2, 0.25) is 0 Å². The van der Waals surface area contributed by atoms with Gasteiger partial charge in [-0.05, 0) is 74.0 Å². The van der Waals surface area contributed by atoms with Gasteiger partial charge in [-0.2, -0.15) is 0 Å². The summed E-state index contributed by atoms with van der Waals surface area (Å²) in [4.78, 5) is 41.4. The highest BCUT2D eigenvalue weighted by Crippen LogP contribution is 2.38. The number of nitrogens with zero attached hydrogens (tertiary/aromatic N) is 1. The van der Waals surface area contributed by atoms with Crippen LogP contribution in [0.4, 0.5) is 11.4 Å². The fraction of sp³-hybridized carbons (Fsp3) is 0.148. The highest BCUT2D eigenvalue weighted by atomic mass is 79.9. The van der Waals surface area contributed by atoms with E-state index in [1.54, 1.807) is 24.3 Å². The molecule has 0 spiro atoms. The van der Waals surface area contributed by atoms with Gasteiger partial charge in [-0.15, -0.1) is 0 Å². The first-order valence-corrected chi connectivity index (χ1v) is 12.7. The van der Waals surface area contributed by atoms with Gasteiger partial charge in [-0.3, -0.25) is 9.59 Å². The Bertz CT molecular complexity index is 1220. The van der Waals surface area contributed by atoms with Crippen molar-refractivity contribution in [3.63, 3.8) is 0 Å². The number of nitrogens with one attached hydrogen (secondary N) is 1. The first-order chi connectivity index (χ1) is 16.9. The first-order valence-electron chi connectivity index (χ1n) is 11.0. The van der Waals surface area contributed by atoms with Gasteiger partial charge >= 0.3 is 5.97 Å². The topological polar surface area (TPSA) is 75.7 Å². The number of esters is 1. The zero-order valence-electron chi connectivity index (χ0n) is 19.2. The van der Waals surface area contributed by atoms with Crippen LogP contribution >= 0.6 is 27.7 Å². The fourth-order valence-corrected chi connectivity index (χ4v) is 4.57. The molecular formula is C27H23BrN2O4S. The number of amides is 2. The summed E-state index contributed by atoms with van der Waals surface area (Å²) >= 11 is 4.64. The third-order valence-corrected chi connectivity index (χ3v) is 6.81. The lowest BCUT2D eigenvalue weighted by Crippen LogP contribution is -2.32. The zero-order chi connectivity index (χ0) is 24.9. The van der Waals surface area contributed by atoms with E-state index < -0.39 is 17.8 Å². The molecule has 1 N–H and O–H groups in total. The molecule has 6 nitrogen and oxygen atoms in total. The third-order valence-electron chi connectivity index (χ3n) is 5.19. The molecule has 35 heavy (non-hydrogen) atoms. The second kappa shape index (κ2) is 10.9. The molecule has 3 aromatic carbocycles. The molecule has 0 aliphatic carbocycles. The Labute approximate surface area is 216 Å². The number of imide groups is 1. The van der Waals surface area contributed by atoms with Gasteiger partial charge in [0.15, 0.2) is 0 Å². The molecule has 4 rings (SSSR count). The van der Waals surface area contributed by atoms with Gasteiger partial charge < -0.3 is 10.1 Å². The number of anilines is 2. The smallest absolute Gasteiger partial charge is 0.338 e. The van der Waals surface area contributed by atoms with E-state index in [1.165, 1.54) is 11.8 Å². The van der Waals surface area contributed by atoms with Crippen LogP contribution in [0, 0.1) is 6.92 Å². The number of carbonyl (C=O) groups is 3. The van der Waals surface area contributed by atoms with E-state index in [0.29, 0.717) is 28.5 Å². The third kappa shape index (κ3) is 5.66. The lowest BCUT2D eigenvalue weighted by Gasteiger charge is -2.16. The molecule has 8 heteroatoms. The van der Waals surface area contributed by atoms with Crippen molar-refractivity contribution in [1.29, 1.82) is 0 Å². The van der Waals surface area contributed by atoms with Crippen LogP contribution < -0.4 is 10.2 Å². The second-order valence-electron chi connectivity index (χ2n) is 7.88. The average molecular weight is 551 g/mol. The van der Waals surface area contributed by atoms with Crippen molar-refractivity contribution in [2.24, 2.45) is 0 Å². The van der Waals surface area contributed by atoms with E-state index in [0.717, 1.165) is 26.3 Å². The summed E-state index contributed by atoms with van der Waals surface area (Å²) in [5, 5.41) is 3.13. The minimum Gasteiger partial charge on any atom is -0.462 e. The number of aryl methyl sites for hydroxylation is 1. The number of carbonyl (C=O) groups excluding carboxylic acids is 3. The van der Waals surface area contributed by atoms with Crippen molar-refractivity contribution >= 4 is 56.9 Å². The maximum absolute atomic E-state index is 13.5. The van der Waals surface area contributed by atoms with Gasteiger partial charge in [0.05, 0.1) is 17.9 Å². The van der Waals surface area contributed by atoms with Gasteiger partial charge in [0, 0.05) is 15.1 Å². The Balaban J connectivity index is 1.65.